The fraction of sp³-hybridized carbons (Fsp3) is 1.00. The van der Waals surface area contributed by atoms with E-state index in [1.54, 1.807) is 41.5 Å². The molecule has 2 unspecified atom stereocenters. The molecule has 2 atom stereocenters. The predicted molar refractivity (Wildman–Crippen MR) is 107 cm³/mol. The summed E-state index contributed by atoms with van der Waals surface area (Å²) in [7, 11) is -5.34. The van der Waals surface area contributed by atoms with Crippen LogP contribution >= 0.6 is 25.2 Å². The molecule has 0 bridgehead atoms. The Hall–Kier alpha value is 1.13. The number of hydrogen-bond donors (Lipinski definition) is 0. The van der Waals surface area contributed by atoms with Gasteiger partial charge in [0.1, 0.15) is 0 Å². The van der Waals surface area contributed by atoms with E-state index in [2.05, 4.69) is 0 Å². The fourth-order valence-electron chi connectivity index (χ4n) is 1.77. The molecular formula is C14H33AsO8P2S. The van der Waals surface area contributed by atoms with Crippen LogP contribution in [0.25, 0.3) is 0 Å². The molecule has 12 heteroatoms. The predicted octanol–water partition coefficient (Wildman–Crippen LogP) is 4.98. The Labute approximate surface area is 166 Å². The monoisotopic (exact) mass is 498 g/mol. The molecule has 0 aliphatic rings. The van der Waals surface area contributed by atoms with E-state index in [0.717, 1.165) is 5.75 Å². The van der Waals surface area contributed by atoms with E-state index in [1.165, 1.54) is 10.0 Å². The standard InChI is InChI=1S/C14H33AsO8P2S/c1-8-18-24(16,19-9-2)13(6)22-15(26-12-5)23-14(7)25(17,20-10-3)21-11-4/h13-14H,8-12H2,1-7H3. The van der Waals surface area contributed by atoms with Gasteiger partial charge >= 0.3 is 166 Å². The summed E-state index contributed by atoms with van der Waals surface area (Å²) in [6.45, 7) is 13.2. The Balaban J connectivity index is 5.16. The molecule has 158 valence electrons. The van der Waals surface area contributed by atoms with Crippen LogP contribution in [0, 0.1) is 0 Å². The van der Waals surface area contributed by atoms with Gasteiger partial charge in [-0.05, 0) is 0 Å². The van der Waals surface area contributed by atoms with E-state index in [0.29, 0.717) is 0 Å². The molecular weight excluding hydrogens is 465 g/mol. The molecule has 8 nitrogen and oxygen atoms in total. The van der Waals surface area contributed by atoms with Crippen molar-refractivity contribution in [3.8, 4) is 0 Å². The third-order valence-electron chi connectivity index (χ3n) is 2.84. The Morgan fingerprint density at radius 2 is 1.04 bits per heavy atom. The molecule has 0 aromatic carbocycles. The SMILES string of the molecule is CCOP(=O)(OCC)C(C)O[As](OC(C)P(=O)(OCC)OCC)SCC. The molecule has 0 aromatic rings. The zero-order valence-electron chi connectivity index (χ0n) is 16.7. The van der Waals surface area contributed by atoms with Gasteiger partial charge in [-0.1, -0.05) is 0 Å². The second-order valence-corrected chi connectivity index (χ2v) is 15.3. The van der Waals surface area contributed by atoms with Gasteiger partial charge in [-0.3, -0.25) is 0 Å². The van der Waals surface area contributed by atoms with E-state index in [-0.39, 0.29) is 26.4 Å². The van der Waals surface area contributed by atoms with Crippen molar-refractivity contribution in [3.63, 3.8) is 0 Å². The van der Waals surface area contributed by atoms with Crippen LogP contribution < -0.4 is 0 Å². The van der Waals surface area contributed by atoms with Crippen LogP contribution in [-0.4, -0.2) is 58.0 Å². The molecule has 0 spiro atoms. The van der Waals surface area contributed by atoms with E-state index in [4.69, 9.17) is 25.5 Å². The van der Waals surface area contributed by atoms with Gasteiger partial charge in [-0.15, -0.1) is 0 Å². The Bertz CT molecular complexity index is 412. The molecule has 0 N–H and O–H groups in total. The summed E-state index contributed by atoms with van der Waals surface area (Å²) in [6.07, 6.45) is 0. The maximum atomic E-state index is 12.8. The molecule has 0 rings (SSSR count). The van der Waals surface area contributed by atoms with E-state index >= 15 is 0 Å². The zero-order valence-corrected chi connectivity index (χ0v) is 21.2. The van der Waals surface area contributed by atoms with Gasteiger partial charge in [0.15, 0.2) is 0 Å². The molecule has 0 aliphatic carbocycles. The van der Waals surface area contributed by atoms with Crippen LogP contribution in [0.4, 0.5) is 0 Å². The van der Waals surface area contributed by atoms with Crippen LogP contribution in [0.2, 0.25) is 0 Å². The van der Waals surface area contributed by atoms with Gasteiger partial charge in [0.05, 0.1) is 0 Å². The second kappa shape index (κ2) is 14.2. The van der Waals surface area contributed by atoms with Crippen molar-refractivity contribution in [2.75, 3.05) is 32.2 Å². The molecule has 0 amide bonds. The van der Waals surface area contributed by atoms with Gasteiger partial charge in [0.25, 0.3) is 0 Å². The third kappa shape index (κ3) is 9.08. The fourth-order valence-corrected chi connectivity index (χ4v) is 12.4. The van der Waals surface area contributed by atoms with Crippen molar-refractivity contribution in [1.29, 1.82) is 0 Å². The first-order chi connectivity index (χ1) is 12.2. The van der Waals surface area contributed by atoms with Crippen LogP contribution in [0.1, 0.15) is 48.5 Å². The average molecular weight is 498 g/mol. The van der Waals surface area contributed by atoms with Gasteiger partial charge in [-0.2, -0.15) is 0 Å². The minimum absolute atomic E-state index is 0.250. The molecule has 0 aliphatic heterocycles. The van der Waals surface area contributed by atoms with Gasteiger partial charge < -0.3 is 0 Å². The number of rotatable bonds is 16. The Morgan fingerprint density at radius 3 is 1.27 bits per heavy atom. The quantitative estimate of drug-likeness (QED) is 0.216. The molecule has 26 heavy (non-hydrogen) atoms. The number of hydrogen-bond acceptors (Lipinski definition) is 9. The normalized spacial score (nSPS) is 16.4. The van der Waals surface area contributed by atoms with Crippen LogP contribution in [0.15, 0.2) is 0 Å². The summed E-state index contributed by atoms with van der Waals surface area (Å²) in [5.41, 5.74) is 0. The van der Waals surface area contributed by atoms with E-state index in [9.17, 15) is 9.13 Å². The summed E-state index contributed by atoms with van der Waals surface area (Å²) in [5, 5.41) is 0. The summed E-state index contributed by atoms with van der Waals surface area (Å²) in [4.78, 5) is 0. The summed E-state index contributed by atoms with van der Waals surface area (Å²) in [6, 6.07) is 0. The molecule has 0 saturated carbocycles. The zero-order chi connectivity index (χ0) is 20.2. The van der Waals surface area contributed by atoms with Gasteiger partial charge in [0.2, 0.25) is 0 Å². The van der Waals surface area contributed by atoms with Crippen molar-refractivity contribution < 1.29 is 34.7 Å². The Morgan fingerprint density at radius 1 is 0.731 bits per heavy atom. The topological polar surface area (TPSA) is 89.5 Å². The third-order valence-corrected chi connectivity index (χ3v) is 14.4. The molecule has 0 saturated heterocycles. The van der Waals surface area contributed by atoms with Crippen molar-refractivity contribution >= 4 is 39.4 Å². The van der Waals surface area contributed by atoms with Crippen LogP contribution in [0.3, 0.4) is 0 Å². The average Bonchev–Trinajstić information content (AvgIpc) is 2.55. The van der Waals surface area contributed by atoms with Gasteiger partial charge in [0, 0.05) is 0 Å². The maximum absolute atomic E-state index is 12.8. The van der Waals surface area contributed by atoms with E-state index < -0.39 is 41.1 Å². The van der Waals surface area contributed by atoms with E-state index in [1.807, 2.05) is 6.92 Å². The van der Waals surface area contributed by atoms with Crippen LogP contribution in [-0.2, 0) is 34.7 Å². The molecule has 0 heterocycles. The second-order valence-electron chi connectivity index (χ2n) is 4.80. The summed E-state index contributed by atoms with van der Waals surface area (Å²) < 4.78 is 58.8. The van der Waals surface area contributed by atoms with Crippen molar-refractivity contribution in [3.05, 3.63) is 0 Å². The molecule has 0 radical (unpaired) electrons. The first kappa shape index (κ1) is 27.1. The van der Waals surface area contributed by atoms with Crippen molar-refractivity contribution in [1.82, 2.24) is 0 Å². The molecule has 0 aromatic heterocycles. The summed E-state index contributed by atoms with van der Waals surface area (Å²) in [5.74, 6) is -0.833. The summed E-state index contributed by atoms with van der Waals surface area (Å²) >= 11 is -2.48. The first-order valence-corrected chi connectivity index (χ1v) is 16.8. The molecule has 0 fully saturated rings. The Kier molecular flexibility index (Phi) is 14.8. The van der Waals surface area contributed by atoms with Gasteiger partial charge in [-0.25, -0.2) is 0 Å². The van der Waals surface area contributed by atoms with Crippen molar-refractivity contribution in [2.24, 2.45) is 0 Å². The first-order valence-electron chi connectivity index (χ1n) is 8.76. The minimum atomic E-state index is -3.41. The van der Waals surface area contributed by atoms with Crippen LogP contribution in [0.5, 0.6) is 0 Å². The van der Waals surface area contributed by atoms with Crippen molar-refractivity contribution in [2.45, 2.75) is 60.2 Å².